The SMILES string of the molecule is O=C(CCCCc1ccncc1)c1ccccc1. The summed E-state index contributed by atoms with van der Waals surface area (Å²) in [4.78, 5) is 15.8. The summed E-state index contributed by atoms with van der Waals surface area (Å²) < 4.78 is 0. The molecule has 1 heterocycles. The zero-order valence-corrected chi connectivity index (χ0v) is 10.4. The highest BCUT2D eigenvalue weighted by molar-refractivity contribution is 5.95. The standard InChI is InChI=1S/C16H17NO/c18-16(15-7-2-1-3-8-15)9-5-4-6-14-10-12-17-13-11-14/h1-3,7-8,10-13H,4-6,9H2. The van der Waals surface area contributed by atoms with Crippen molar-refractivity contribution >= 4 is 5.78 Å². The molecule has 0 fully saturated rings. The summed E-state index contributed by atoms with van der Waals surface area (Å²) in [6.45, 7) is 0. The number of aromatic nitrogens is 1. The molecule has 0 aliphatic heterocycles. The van der Waals surface area contributed by atoms with Gasteiger partial charge in [-0.3, -0.25) is 9.78 Å². The highest BCUT2D eigenvalue weighted by Crippen LogP contribution is 2.09. The Balaban J connectivity index is 1.72. The Morgan fingerprint density at radius 2 is 1.67 bits per heavy atom. The molecule has 18 heavy (non-hydrogen) atoms. The third-order valence-corrected chi connectivity index (χ3v) is 2.96. The predicted octanol–water partition coefficient (Wildman–Crippen LogP) is 3.68. The molecule has 2 nitrogen and oxygen atoms in total. The second kappa shape index (κ2) is 6.70. The summed E-state index contributed by atoms with van der Waals surface area (Å²) in [5, 5.41) is 0. The number of carbonyl (C=O) groups excluding carboxylic acids is 1. The van der Waals surface area contributed by atoms with Gasteiger partial charge in [-0.25, -0.2) is 0 Å². The van der Waals surface area contributed by atoms with Crippen LogP contribution in [0, 0.1) is 0 Å². The van der Waals surface area contributed by atoms with Crippen molar-refractivity contribution < 1.29 is 4.79 Å². The van der Waals surface area contributed by atoms with Crippen molar-refractivity contribution in [3.05, 3.63) is 66.0 Å². The van der Waals surface area contributed by atoms with Crippen molar-refractivity contribution in [2.45, 2.75) is 25.7 Å². The fourth-order valence-electron chi connectivity index (χ4n) is 1.93. The Hall–Kier alpha value is -1.96. The zero-order chi connectivity index (χ0) is 12.6. The van der Waals surface area contributed by atoms with Gasteiger partial charge in [-0.1, -0.05) is 30.3 Å². The number of rotatable bonds is 6. The van der Waals surface area contributed by atoms with Crippen molar-refractivity contribution in [1.29, 1.82) is 0 Å². The first-order valence-corrected chi connectivity index (χ1v) is 6.33. The average Bonchev–Trinajstić information content (AvgIpc) is 2.45. The minimum atomic E-state index is 0.241. The number of Topliss-reactive ketones (excluding diaryl/α,β-unsaturated/α-hetero) is 1. The Bertz CT molecular complexity index is 479. The number of nitrogens with zero attached hydrogens (tertiary/aromatic N) is 1. The number of pyridine rings is 1. The number of aryl methyl sites for hydroxylation is 1. The molecule has 0 saturated carbocycles. The van der Waals surface area contributed by atoms with E-state index < -0.39 is 0 Å². The molecule has 0 aliphatic carbocycles. The molecular formula is C16H17NO. The fourth-order valence-corrected chi connectivity index (χ4v) is 1.93. The summed E-state index contributed by atoms with van der Waals surface area (Å²) in [7, 11) is 0. The predicted molar refractivity (Wildman–Crippen MR) is 72.6 cm³/mol. The van der Waals surface area contributed by atoms with Crippen LogP contribution < -0.4 is 0 Å². The van der Waals surface area contributed by atoms with E-state index in [0.29, 0.717) is 6.42 Å². The van der Waals surface area contributed by atoms with Crippen LogP contribution in [0.2, 0.25) is 0 Å². The van der Waals surface area contributed by atoms with Gasteiger partial charge in [0.2, 0.25) is 0 Å². The van der Waals surface area contributed by atoms with Gasteiger partial charge in [0.05, 0.1) is 0 Å². The third kappa shape index (κ3) is 3.81. The van der Waals surface area contributed by atoms with E-state index in [1.807, 2.05) is 54.9 Å². The van der Waals surface area contributed by atoms with Crippen molar-refractivity contribution in [2.75, 3.05) is 0 Å². The van der Waals surface area contributed by atoms with E-state index in [0.717, 1.165) is 24.8 Å². The lowest BCUT2D eigenvalue weighted by Gasteiger charge is -2.02. The van der Waals surface area contributed by atoms with Crippen molar-refractivity contribution in [2.24, 2.45) is 0 Å². The van der Waals surface area contributed by atoms with Gasteiger partial charge in [-0.05, 0) is 37.0 Å². The van der Waals surface area contributed by atoms with Gasteiger partial charge in [0.1, 0.15) is 0 Å². The average molecular weight is 239 g/mol. The largest absolute Gasteiger partial charge is 0.294 e. The molecule has 0 atom stereocenters. The first-order chi connectivity index (χ1) is 8.86. The Morgan fingerprint density at radius 3 is 2.39 bits per heavy atom. The van der Waals surface area contributed by atoms with Crippen LogP contribution in [0.3, 0.4) is 0 Å². The van der Waals surface area contributed by atoms with Crippen LogP contribution in [0.4, 0.5) is 0 Å². The van der Waals surface area contributed by atoms with E-state index in [1.54, 1.807) is 0 Å². The minimum absolute atomic E-state index is 0.241. The molecule has 0 saturated heterocycles. The van der Waals surface area contributed by atoms with Crippen LogP contribution in [0.1, 0.15) is 35.2 Å². The molecule has 2 heteroatoms. The first-order valence-electron chi connectivity index (χ1n) is 6.33. The number of benzene rings is 1. The molecule has 1 aromatic heterocycles. The molecule has 1 aromatic carbocycles. The lowest BCUT2D eigenvalue weighted by Crippen LogP contribution is -1.98. The van der Waals surface area contributed by atoms with Gasteiger partial charge >= 0.3 is 0 Å². The van der Waals surface area contributed by atoms with Gasteiger partial charge in [-0.15, -0.1) is 0 Å². The van der Waals surface area contributed by atoms with Crippen molar-refractivity contribution in [1.82, 2.24) is 4.98 Å². The molecule has 0 spiro atoms. The summed E-state index contributed by atoms with van der Waals surface area (Å²) in [5.74, 6) is 0.241. The van der Waals surface area contributed by atoms with Crippen LogP contribution in [0.5, 0.6) is 0 Å². The van der Waals surface area contributed by atoms with E-state index in [1.165, 1.54) is 5.56 Å². The zero-order valence-electron chi connectivity index (χ0n) is 10.4. The molecule has 2 rings (SSSR count). The van der Waals surface area contributed by atoms with Crippen LogP contribution in [0.25, 0.3) is 0 Å². The lowest BCUT2D eigenvalue weighted by atomic mass is 10.0. The van der Waals surface area contributed by atoms with Gasteiger partial charge in [0.15, 0.2) is 5.78 Å². The highest BCUT2D eigenvalue weighted by atomic mass is 16.1. The maximum atomic E-state index is 11.8. The number of hydrogen-bond donors (Lipinski definition) is 0. The van der Waals surface area contributed by atoms with Gasteiger partial charge < -0.3 is 0 Å². The van der Waals surface area contributed by atoms with E-state index in [4.69, 9.17) is 0 Å². The molecule has 0 unspecified atom stereocenters. The number of unbranched alkanes of at least 4 members (excludes halogenated alkanes) is 1. The Morgan fingerprint density at radius 1 is 0.944 bits per heavy atom. The highest BCUT2D eigenvalue weighted by Gasteiger charge is 2.04. The maximum Gasteiger partial charge on any atom is 0.162 e. The number of ketones is 1. The lowest BCUT2D eigenvalue weighted by molar-refractivity contribution is 0.0979. The quantitative estimate of drug-likeness (QED) is 0.568. The minimum Gasteiger partial charge on any atom is -0.294 e. The normalized spacial score (nSPS) is 10.2. The van der Waals surface area contributed by atoms with Crippen molar-refractivity contribution in [3.63, 3.8) is 0 Å². The summed E-state index contributed by atoms with van der Waals surface area (Å²) >= 11 is 0. The van der Waals surface area contributed by atoms with E-state index in [2.05, 4.69) is 4.98 Å². The van der Waals surface area contributed by atoms with Crippen LogP contribution in [-0.4, -0.2) is 10.8 Å². The molecule has 0 aliphatic rings. The molecule has 0 amide bonds. The van der Waals surface area contributed by atoms with E-state index in [-0.39, 0.29) is 5.78 Å². The van der Waals surface area contributed by atoms with Gasteiger partial charge in [-0.2, -0.15) is 0 Å². The maximum absolute atomic E-state index is 11.8. The molecule has 2 aromatic rings. The summed E-state index contributed by atoms with van der Waals surface area (Å²) in [6, 6.07) is 13.6. The second-order valence-corrected chi connectivity index (χ2v) is 4.35. The van der Waals surface area contributed by atoms with Crippen LogP contribution in [0.15, 0.2) is 54.9 Å². The molecule has 0 radical (unpaired) electrons. The van der Waals surface area contributed by atoms with Crippen LogP contribution >= 0.6 is 0 Å². The number of carbonyl (C=O) groups is 1. The van der Waals surface area contributed by atoms with Gasteiger partial charge in [0.25, 0.3) is 0 Å². The van der Waals surface area contributed by atoms with Crippen molar-refractivity contribution in [3.8, 4) is 0 Å². The summed E-state index contributed by atoms with van der Waals surface area (Å²) in [5.41, 5.74) is 2.11. The Labute approximate surface area is 108 Å². The topological polar surface area (TPSA) is 30.0 Å². The molecule has 92 valence electrons. The summed E-state index contributed by atoms with van der Waals surface area (Å²) in [6.07, 6.45) is 7.26. The van der Waals surface area contributed by atoms with E-state index in [9.17, 15) is 4.79 Å². The number of hydrogen-bond acceptors (Lipinski definition) is 2. The third-order valence-electron chi connectivity index (χ3n) is 2.96. The monoisotopic (exact) mass is 239 g/mol. The smallest absolute Gasteiger partial charge is 0.162 e. The Kier molecular flexibility index (Phi) is 4.65. The molecular weight excluding hydrogens is 222 g/mol. The second-order valence-electron chi connectivity index (χ2n) is 4.35. The molecule has 0 N–H and O–H groups in total. The first kappa shape index (κ1) is 12.5. The van der Waals surface area contributed by atoms with Gasteiger partial charge in [0, 0.05) is 24.4 Å². The fraction of sp³-hybridized carbons (Fsp3) is 0.250. The van der Waals surface area contributed by atoms with Crippen LogP contribution in [-0.2, 0) is 6.42 Å². The van der Waals surface area contributed by atoms with E-state index >= 15 is 0 Å². The molecule has 0 bridgehead atoms.